The number of para-hydroxylation sites is 1. The molecule has 0 aliphatic heterocycles. The Balaban J connectivity index is 1.79. The third-order valence-electron chi connectivity index (χ3n) is 3.13. The molecule has 22 heavy (non-hydrogen) atoms. The molecule has 108 valence electrons. The van der Waals surface area contributed by atoms with E-state index < -0.39 is 5.97 Å². The highest BCUT2D eigenvalue weighted by molar-refractivity contribution is 5.86. The van der Waals surface area contributed by atoms with E-state index in [0.717, 1.165) is 28.1 Å². The normalized spacial score (nSPS) is 11.6. The van der Waals surface area contributed by atoms with E-state index in [2.05, 4.69) is 10.2 Å². The van der Waals surface area contributed by atoms with Gasteiger partial charge >= 0.3 is 5.97 Å². The Morgan fingerprint density at radius 1 is 1.09 bits per heavy atom. The van der Waals surface area contributed by atoms with Crippen molar-refractivity contribution in [3.8, 4) is 0 Å². The van der Waals surface area contributed by atoms with Crippen molar-refractivity contribution in [2.45, 2.75) is 0 Å². The van der Waals surface area contributed by atoms with Gasteiger partial charge in [-0.1, -0.05) is 42.5 Å². The van der Waals surface area contributed by atoms with Crippen molar-refractivity contribution in [2.75, 3.05) is 0 Å². The molecule has 1 aromatic heterocycles. The quantitative estimate of drug-likeness (QED) is 0.593. The lowest BCUT2D eigenvalue weighted by Crippen LogP contribution is -1.92. The molecule has 0 unspecified atom stereocenters. The zero-order chi connectivity index (χ0) is 15.4. The minimum absolute atomic E-state index is 0.823. The number of hydrogen-bond donors (Lipinski definition) is 1. The monoisotopic (exact) mass is 291 g/mol. The minimum atomic E-state index is -0.962. The van der Waals surface area contributed by atoms with Crippen LogP contribution >= 0.6 is 0 Å². The number of fused-ring (bicyclic) bond motifs is 1. The van der Waals surface area contributed by atoms with Crippen LogP contribution in [0.4, 0.5) is 0 Å². The summed E-state index contributed by atoms with van der Waals surface area (Å²) in [7, 11) is 0. The molecule has 0 bridgehead atoms. The molecule has 0 amide bonds. The first-order chi connectivity index (χ1) is 10.7. The van der Waals surface area contributed by atoms with Gasteiger partial charge in [0.2, 0.25) is 0 Å². The van der Waals surface area contributed by atoms with Crippen molar-refractivity contribution in [3.05, 3.63) is 71.9 Å². The number of nitrogens with zero attached hydrogens (tertiary/aromatic N) is 3. The molecule has 0 saturated heterocycles. The smallest absolute Gasteiger partial charge is 0.328 e. The summed E-state index contributed by atoms with van der Waals surface area (Å²) in [5.74, 6) is -0.962. The number of aliphatic carboxylic acids is 1. The van der Waals surface area contributed by atoms with Crippen LogP contribution in [0.15, 0.2) is 65.9 Å². The highest BCUT2D eigenvalue weighted by atomic mass is 16.4. The van der Waals surface area contributed by atoms with E-state index in [0.29, 0.717) is 0 Å². The van der Waals surface area contributed by atoms with E-state index >= 15 is 0 Å². The van der Waals surface area contributed by atoms with Gasteiger partial charge in [0.15, 0.2) is 0 Å². The fourth-order valence-electron chi connectivity index (χ4n) is 2.03. The van der Waals surface area contributed by atoms with Crippen LogP contribution in [0.3, 0.4) is 0 Å². The average molecular weight is 291 g/mol. The van der Waals surface area contributed by atoms with Crippen LogP contribution in [-0.2, 0) is 4.79 Å². The van der Waals surface area contributed by atoms with Gasteiger partial charge in [-0.2, -0.15) is 15.0 Å². The van der Waals surface area contributed by atoms with Crippen LogP contribution in [0.1, 0.15) is 11.1 Å². The van der Waals surface area contributed by atoms with E-state index in [1.165, 1.54) is 0 Å². The number of aromatic nitrogens is 2. The summed E-state index contributed by atoms with van der Waals surface area (Å²) in [6, 6.07) is 15.3. The molecule has 1 heterocycles. The highest BCUT2D eigenvalue weighted by Gasteiger charge is 1.98. The molecule has 0 aliphatic rings. The molecule has 3 aromatic rings. The zero-order valence-electron chi connectivity index (χ0n) is 11.6. The number of rotatable bonds is 4. The summed E-state index contributed by atoms with van der Waals surface area (Å²) in [5.41, 5.74) is 2.68. The molecule has 0 atom stereocenters. The standard InChI is InChI=1S/C17H13N3O2/c21-17(22)10-9-13-5-7-14(8-6-13)11-18-20-16-4-2-1-3-15(16)12-19-20/h1-12H,(H,21,22). The first-order valence-electron chi connectivity index (χ1n) is 6.70. The maximum absolute atomic E-state index is 10.5. The second kappa shape index (κ2) is 6.05. The molecule has 0 fully saturated rings. The molecule has 3 rings (SSSR count). The van der Waals surface area contributed by atoms with Gasteiger partial charge < -0.3 is 5.11 Å². The highest BCUT2D eigenvalue weighted by Crippen LogP contribution is 2.12. The second-order valence-electron chi connectivity index (χ2n) is 4.68. The van der Waals surface area contributed by atoms with E-state index in [1.54, 1.807) is 23.3 Å². The molecule has 5 heteroatoms. The van der Waals surface area contributed by atoms with E-state index in [4.69, 9.17) is 5.11 Å². The molecule has 0 spiro atoms. The molecule has 0 radical (unpaired) electrons. The topological polar surface area (TPSA) is 67.5 Å². The lowest BCUT2D eigenvalue weighted by Gasteiger charge is -1.97. The Hall–Kier alpha value is -3.21. The molecular formula is C17H13N3O2. The van der Waals surface area contributed by atoms with Crippen LogP contribution in [0, 0.1) is 0 Å². The largest absolute Gasteiger partial charge is 0.478 e. The lowest BCUT2D eigenvalue weighted by molar-refractivity contribution is -0.131. The molecule has 2 aromatic carbocycles. The summed E-state index contributed by atoms with van der Waals surface area (Å²) in [6.07, 6.45) is 6.14. The fourth-order valence-corrected chi connectivity index (χ4v) is 2.03. The van der Waals surface area contributed by atoms with Crippen LogP contribution in [0.5, 0.6) is 0 Å². The Kier molecular flexibility index (Phi) is 3.78. The van der Waals surface area contributed by atoms with Crippen molar-refractivity contribution in [1.29, 1.82) is 0 Å². The van der Waals surface area contributed by atoms with Gasteiger partial charge in [-0.15, -0.1) is 0 Å². The second-order valence-corrected chi connectivity index (χ2v) is 4.68. The summed E-state index contributed by atoms with van der Waals surface area (Å²) in [5, 5.41) is 18.2. The van der Waals surface area contributed by atoms with Gasteiger partial charge in [0.1, 0.15) is 0 Å². The number of hydrogen-bond acceptors (Lipinski definition) is 3. The van der Waals surface area contributed by atoms with E-state index in [1.807, 2.05) is 48.5 Å². The molecule has 1 N–H and O–H groups in total. The number of carboxylic acid groups (broad SMARTS) is 1. The first-order valence-corrected chi connectivity index (χ1v) is 6.70. The predicted octanol–water partition coefficient (Wildman–Crippen LogP) is 3.02. The van der Waals surface area contributed by atoms with Crippen LogP contribution in [-0.4, -0.2) is 27.2 Å². The summed E-state index contributed by atoms with van der Waals surface area (Å²) >= 11 is 0. The fraction of sp³-hybridized carbons (Fsp3) is 0. The summed E-state index contributed by atoms with van der Waals surface area (Å²) in [6.45, 7) is 0. The van der Waals surface area contributed by atoms with Gasteiger partial charge in [0, 0.05) is 11.5 Å². The minimum Gasteiger partial charge on any atom is -0.478 e. The molecule has 0 aliphatic carbocycles. The third-order valence-corrected chi connectivity index (χ3v) is 3.13. The van der Waals surface area contributed by atoms with Crippen LogP contribution < -0.4 is 0 Å². The maximum atomic E-state index is 10.5. The third kappa shape index (κ3) is 3.09. The van der Waals surface area contributed by atoms with E-state index in [-0.39, 0.29) is 0 Å². The predicted molar refractivity (Wildman–Crippen MR) is 85.8 cm³/mol. The van der Waals surface area contributed by atoms with Crippen LogP contribution in [0.2, 0.25) is 0 Å². The van der Waals surface area contributed by atoms with Crippen molar-refractivity contribution in [2.24, 2.45) is 5.10 Å². The Morgan fingerprint density at radius 2 is 1.82 bits per heavy atom. The lowest BCUT2D eigenvalue weighted by atomic mass is 10.1. The SMILES string of the molecule is O=C(O)C=Cc1ccc(C=Nn2ncc3ccccc32)cc1. The van der Waals surface area contributed by atoms with Gasteiger partial charge in [0.25, 0.3) is 0 Å². The van der Waals surface area contributed by atoms with Gasteiger partial charge in [0.05, 0.1) is 17.9 Å². The van der Waals surface area contributed by atoms with Crippen molar-refractivity contribution in [1.82, 2.24) is 9.89 Å². The van der Waals surface area contributed by atoms with Crippen LogP contribution in [0.25, 0.3) is 17.0 Å². The summed E-state index contributed by atoms with van der Waals surface area (Å²) < 4.78 is 0. The Morgan fingerprint density at radius 3 is 2.59 bits per heavy atom. The van der Waals surface area contributed by atoms with Crippen molar-refractivity contribution in [3.63, 3.8) is 0 Å². The van der Waals surface area contributed by atoms with E-state index in [9.17, 15) is 4.79 Å². The Bertz CT molecular complexity index is 861. The molecule has 0 saturated carbocycles. The summed E-state index contributed by atoms with van der Waals surface area (Å²) in [4.78, 5) is 12.0. The number of carboxylic acids is 1. The molecular weight excluding hydrogens is 278 g/mol. The van der Waals surface area contributed by atoms with Crippen molar-refractivity contribution >= 4 is 29.2 Å². The number of carbonyl (C=O) groups is 1. The van der Waals surface area contributed by atoms with Gasteiger partial charge in [-0.05, 0) is 23.3 Å². The van der Waals surface area contributed by atoms with Crippen molar-refractivity contribution < 1.29 is 9.90 Å². The average Bonchev–Trinajstić information content (AvgIpc) is 2.95. The maximum Gasteiger partial charge on any atom is 0.328 e. The first kappa shape index (κ1) is 13.8. The zero-order valence-corrected chi connectivity index (χ0v) is 11.6. The number of benzene rings is 2. The Labute approximate surface area is 126 Å². The molecule has 5 nitrogen and oxygen atoms in total. The van der Waals surface area contributed by atoms with Gasteiger partial charge in [-0.25, -0.2) is 4.79 Å². The van der Waals surface area contributed by atoms with Gasteiger partial charge in [-0.3, -0.25) is 0 Å².